The van der Waals surface area contributed by atoms with Gasteiger partial charge in [0.05, 0.1) is 13.2 Å². The number of rotatable bonds is 4. The van der Waals surface area contributed by atoms with Crippen LogP contribution in [0.2, 0.25) is 0 Å². The molecule has 5 heteroatoms. The number of amides is 1. The second-order valence-corrected chi connectivity index (χ2v) is 5.72. The maximum atomic E-state index is 12.4. The van der Waals surface area contributed by atoms with Gasteiger partial charge in [0, 0.05) is 31.8 Å². The molecule has 2 heterocycles. The van der Waals surface area contributed by atoms with Crippen molar-refractivity contribution in [3.05, 3.63) is 59.7 Å². The van der Waals surface area contributed by atoms with E-state index in [2.05, 4.69) is 29.0 Å². The SMILES string of the molecule is Cc1ccccc1C1CN(C(=O)CCc2ncccn2)CCO1. The lowest BCUT2D eigenvalue weighted by Gasteiger charge is -2.34. The van der Waals surface area contributed by atoms with Gasteiger partial charge in [0.25, 0.3) is 0 Å². The van der Waals surface area contributed by atoms with Crippen LogP contribution in [-0.2, 0) is 16.0 Å². The molecular weight excluding hydrogens is 290 g/mol. The molecule has 1 aliphatic rings. The van der Waals surface area contributed by atoms with Gasteiger partial charge in [-0.1, -0.05) is 24.3 Å². The summed E-state index contributed by atoms with van der Waals surface area (Å²) in [6.45, 7) is 3.91. The summed E-state index contributed by atoms with van der Waals surface area (Å²) >= 11 is 0. The summed E-state index contributed by atoms with van der Waals surface area (Å²) < 4.78 is 5.87. The van der Waals surface area contributed by atoms with Crippen LogP contribution >= 0.6 is 0 Å². The van der Waals surface area contributed by atoms with Crippen molar-refractivity contribution in [1.29, 1.82) is 0 Å². The van der Waals surface area contributed by atoms with Crippen LogP contribution in [0.15, 0.2) is 42.7 Å². The fourth-order valence-electron chi connectivity index (χ4n) is 2.85. The third-order valence-electron chi connectivity index (χ3n) is 4.14. The molecular formula is C18H21N3O2. The Balaban J connectivity index is 1.60. The average molecular weight is 311 g/mol. The normalized spacial score (nSPS) is 18.0. The summed E-state index contributed by atoms with van der Waals surface area (Å²) in [6, 6.07) is 9.96. The number of aromatic nitrogens is 2. The summed E-state index contributed by atoms with van der Waals surface area (Å²) in [7, 11) is 0. The molecule has 1 unspecified atom stereocenters. The minimum absolute atomic E-state index is 0.0399. The molecule has 0 bridgehead atoms. The fourth-order valence-corrected chi connectivity index (χ4v) is 2.85. The summed E-state index contributed by atoms with van der Waals surface area (Å²) in [4.78, 5) is 22.7. The second kappa shape index (κ2) is 7.33. The zero-order valence-corrected chi connectivity index (χ0v) is 13.3. The van der Waals surface area contributed by atoms with Crippen molar-refractivity contribution in [2.75, 3.05) is 19.7 Å². The van der Waals surface area contributed by atoms with Gasteiger partial charge in [-0.25, -0.2) is 9.97 Å². The van der Waals surface area contributed by atoms with E-state index in [0.29, 0.717) is 38.4 Å². The van der Waals surface area contributed by atoms with Crippen molar-refractivity contribution in [3.8, 4) is 0 Å². The zero-order chi connectivity index (χ0) is 16.1. The molecule has 0 saturated carbocycles. The fraction of sp³-hybridized carbons (Fsp3) is 0.389. The van der Waals surface area contributed by atoms with Gasteiger partial charge in [-0.3, -0.25) is 4.79 Å². The minimum Gasteiger partial charge on any atom is -0.370 e. The number of aryl methyl sites for hydroxylation is 2. The molecule has 1 aromatic carbocycles. The Bertz CT molecular complexity index is 660. The lowest BCUT2D eigenvalue weighted by Crippen LogP contribution is -2.42. The van der Waals surface area contributed by atoms with Gasteiger partial charge in [-0.2, -0.15) is 0 Å². The van der Waals surface area contributed by atoms with E-state index in [9.17, 15) is 4.79 Å². The van der Waals surface area contributed by atoms with Crippen molar-refractivity contribution in [3.63, 3.8) is 0 Å². The largest absolute Gasteiger partial charge is 0.370 e. The molecule has 0 N–H and O–H groups in total. The predicted octanol–water partition coefficient (Wildman–Crippen LogP) is 2.32. The first-order valence-corrected chi connectivity index (χ1v) is 7.95. The van der Waals surface area contributed by atoms with E-state index < -0.39 is 0 Å². The first-order valence-electron chi connectivity index (χ1n) is 7.95. The maximum Gasteiger partial charge on any atom is 0.223 e. The van der Waals surface area contributed by atoms with Crippen molar-refractivity contribution in [2.24, 2.45) is 0 Å². The Morgan fingerprint density at radius 2 is 2.04 bits per heavy atom. The van der Waals surface area contributed by atoms with E-state index in [4.69, 9.17) is 4.74 Å². The lowest BCUT2D eigenvalue weighted by atomic mass is 10.0. The molecule has 0 aliphatic carbocycles. The monoisotopic (exact) mass is 311 g/mol. The first-order chi connectivity index (χ1) is 11.2. The number of carbonyl (C=O) groups excluding carboxylic acids is 1. The first kappa shape index (κ1) is 15.6. The van der Waals surface area contributed by atoms with Gasteiger partial charge in [0.1, 0.15) is 11.9 Å². The molecule has 1 amide bonds. The standard InChI is InChI=1S/C18H21N3O2/c1-14-5-2-3-6-15(14)16-13-21(11-12-23-16)18(22)8-7-17-19-9-4-10-20-17/h2-6,9-10,16H,7-8,11-13H2,1H3. The highest BCUT2D eigenvalue weighted by Crippen LogP contribution is 2.25. The quantitative estimate of drug-likeness (QED) is 0.869. The number of morpholine rings is 1. The molecule has 23 heavy (non-hydrogen) atoms. The van der Waals surface area contributed by atoms with E-state index in [-0.39, 0.29) is 12.0 Å². The van der Waals surface area contributed by atoms with Crippen molar-refractivity contribution < 1.29 is 9.53 Å². The second-order valence-electron chi connectivity index (χ2n) is 5.72. The smallest absolute Gasteiger partial charge is 0.223 e. The van der Waals surface area contributed by atoms with Crippen LogP contribution in [0.5, 0.6) is 0 Å². The van der Waals surface area contributed by atoms with Crippen LogP contribution in [-0.4, -0.2) is 40.5 Å². The highest BCUT2D eigenvalue weighted by atomic mass is 16.5. The molecule has 2 aromatic rings. The van der Waals surface area contributed by atoms with Gasteiger partial charge in [-0.15, -0.1) is 0 Å². The van der Waals surface area contributed by atoms with E-state index in [0.717, 1.165) is 5.56 Å². The van der Waals surface area contributed by atoms with Crippen LogP contribution in [0.4, 0.5) is 0 Å². The van der Waals surface area contributed by atoms with Crippen LogP contribution in [0.3, 0.4) is 0 Å². The molecule has 1 aliphatic heterocycles. The Morgan fingerprint density at radius 3 is 2.83 bits per heavy atom. The average Bonchev–Trinajstić information content (AvgIpc) is 2.61. The highest BCUT2D eigenvalue weighted by Gasteiger charge is 2.26. The van der Waals surface area contributed by atoms with Gasteiger partial charge >= 0.3 is 0 Å². The molecule has 1 fully saturated rings. The Morgan fingerprint density at radius 1 is 1.26 bits per heavy atom. The molecule has 1 aromatic heterocycles. The molecule has 1 atom stereocenters. The number of hydrogen-bond donors (Lipinski definition) is 0. The van der Waals surface area contributed by atoms with Crippen LogP contribution < -0.4 is 0 Å². The maximum absolute atomic E-state index is 12.4. The number of ether oxygens (including phenoxy) is 1. The van der Waals surface area contributed by atoms with Gasteiger partial charge in [0.15, 0.2) is 0 Å². The molecule has 0 spiro atoms. The number of carbonyl (C=O) groups is 1. The summed E-state index contributed by atoms with van der Waals surface area (Å²) in [5.74, 6) is 0.851. The van der Waals surface area contributed by atoms with Crippen LogP contribution in [0.25, 0.3) is 0 Å². The molecule has 5 nitrogen and oxygen atoms in total. The van der Waals surface area contributed by atoms with Crippen molar-refractivity contribution in [2.45, 2.75) is 25.9 Å². The molecule has 3 rings (SSSR count). The lowest BCUT2D eigenvalue weighted by molar-refractivity contribution is -0.139. The van der Waals surface area contributed by atoms with Gasteiger partial charge in [0.2, 0.25) is 5.91 Å². The summed E-state index contributed by atoms with van der Waals surface area (Å²) in [5, 5.41) is 0. The van der Waals surface area contributed by atoms with E-state index in [1.54, 1.807) is 18.5 Å². The van der Waals surface area contributed by atoms with E-state index in [1.165, 1.54) is 5.56 Å². The summed E-state index contributed by atoms with van der Waals surface area (Å²) in [6.07, 6.45) is 4.38. The Kier molecular flexibility index (Phi) is 4.98. The van der Waals surface area contributed by atoms with Crippen LogP contribution in [0.1, 0.15) is 29.5 Å². The van der Waals surface area contributed by atoms with Crippen molar-refractivity contribution >= 4 is 5.91 Å². The number of benzene rings is 1. The van der Waals surface area contributed by atoms with Crippen LogP contribution in [0, 0.1) is 6.92 Å². The minimum atomic E-state index is -0.0399. The number of nitrogens with zero attached hydrogens (tertiary/aromatic N) is 3. The number of hydrogen-bond acceptors (Lipinski definition) is 4. The topological polar surface area (TPSA) is 55.3 Å². The van der Waals surface area contributed by atoms with E-state index >= 15 is 0 Å². The third kappa shape index (κ3) is 3.93. The highest BCUT2D eigenvalue weighted by molar-refractivity contribution is 5.76. The summed E-state index contributed by atoms with van der Waals surface area (Å²) in [5.41, 5.74) is 2.36. The predicted molar refractivity (Wildman–Crippen MR) is 86.8 cm³/mol. The molecule has 1 saturated heterocycles. The van der Waals surface area contributed by atoms with Gasteiger partial charge in [-0.05, 0) is 24.1 Å². The van der Waals surface area contributed by atoms with Crippen molar-refractivity contribution in [1.82, 2.24) is 14.9 Å². The zero-order valence-electron chi connectivity index (χ0n) is 13.3. The molecule has 0 radical (unpaired) electrons. The molecule has 120 valence electrons. The third-order valence-corrected chi connectivity index (χ3v) is 4.14. The van der Waals surface area contributed by atoms with Gasteiger partial charge < -0.3 is 9.64 Å². The Hall–Kier alpha value is -2.27. The Labute approximate surface area is 136 Å². The van der Waals surface area contributed by atoms with E-state index in [1.807, 2.05) is 17.0 Å².